The van der Waals surface area contributed by atoms with Crippen LogP contribution in [0.25, 0.3) is 10.1 Å². The highest BCUT2D eigenvalue weighted by Crippen LogP contribution is 2.31. The van der Waals surface area contributed by atoms with Crippen LogP contribution in [-0.4, -0.2) is 23.3 Å². The minimum Gasteiger partial charge on any atom is -0.454 e. The first-order valence-corrected chi connectivity index (χ1v) is 7.66. The molecule has 0 saturated heterocycles. The summed E-state index contributed by atoms with van der Waals surface area (Å²) in [7, 11) is 0. The smallest absolute Gasteiger partial charge is 0.291 e. The number of amides is 1. The first-order valence-electron chi connectivity index (χ1n) is 6.89. The Bertz CT molecular complexity index is 920. The van der Waals surface area contributed by atoms with Gasteiger partial charge in [-0.15, -0.1) is 0 Å². The molecule has 0 radical (unpaired) electrons. The van der Waals surface area contributed by atoms with Crippen LogP contribution in [0, 0.1) is 0 Å². The molecule has 0 unspecified atom stereocenters. The highest BCUT2D eigenvalue weighted by molar-refractivity contribution is 7.13. The highest BCUT2D eigenvalue weighted by Gasteiger charge is 2.14. The molecule has 1 aliphatic heterocycles. The quantitative estimate of drug-likeness (QED) is 0.594. The van der Waals surface area contributed by atoms with Crippen molar-refractivity contribution in [3.05, 3.63) is 53.7 Å². The van der Waals surface area contributed by atoms with Crippen molar-refractivity contribution in [2.75, 3.05) is 6.79 Å². The average Bonchev–Trinajstić information content (AvgIpc) is 3.21. The number of ether oxygens (including phenoxy) is 2. The predicted molar refractivity (Wildman–Crippen MR) is 87.2 cm³/mol. The lowest BCUT2D eigenvalue weighted by molar-refractivity contribution is 0.0953. The van der Waals surface area contributed by atoms with Gasteiger partial charge in [-0.05, 0) is 41.4 Å². The van der Waals surface area contributed by atoms with Crippen LogP contribution in [0.1, 0.15) is 16.1 Å². The number of aromatic nitrogens is 1. The molecule has 1 aromatic heterocycles. The summed E-state index contributed by atoms with van der Waals surface area (Å²) < 4.78 is 15.7. The highest BCUT2D eigenvalue weighted by atomic mass is 32.1. The lowest BCUT2D eigenvalue weighted by Gasteiger charge is -1.98. The second-order valence-electron chi connectivity index (χ2n) is 4.84. The van der Waals surface area contributed by atoms with Crippen molar-refractivity contribution in [2.24, 2.45) is 5.10 Å². The van der Waals surface area contributed by atoms with Gasteiger partial charge in [0.15, 0.2) is 17.2 Å². The van der Waals surface area contributed by atoms with Crippen LogP contribution in [0.15, 0.2) is 47.6 Å². The van der Waals surface area contributed by atoms with Gasteiger partial charge in [-0.2, -0.15) is 9.47 Å². The van der Waals surface area contributed by atoms with E-state index < -0.39 is 0 Å². The number of rotatable bonds is 3. The Balaban J connectivity index is 1.49. The van der Waals surface area contributed by atoms with Gasteiger partial charge < -0.3 is 9.47 Å². The van der Waals surface area contributed by atoms with Crippen molar-refractivity contribution in [1.29, 1.82) is 0 Å². The molecule has 3 aromatic rings. The summed E-state index contributed by atoms with van der Waals surface area (Å²) in [4.78, 5) is 12.2. The molecule has 1 amide bonds. The van der Waals surface area contributed by atoms with E-state index in [9.17, 15) is 4.79 Å². The van der Waals surface area contributed by atoms with Gasteiger partial charge in [-0.25, -0.2) is 5.43 Å². The van der Waals surface area contributed by atoms with Crippen molar-refractivity contribution < 1.29 is 14.3 Å². The molecule has 1 aliphatic rings. The number of hydrazone groups is 1. The average molecular weight is 325 g/mol. The van der Waals surface area contributed by atoms with Gasteiger partial charge in [-0.3, -0.25) is 4.79 Å². The van der Waals surface area contributed by atoms with Crippen LogP contribution in [0.2, 0.25) is 0 Å². The zero-order chi connectivity index (χ0) is 15.6. The molecule has 0 atom stereocenters. The van der Waals surface area contributed by atoms with E-state index in [2.05, 4.69) is 14.9 Å². The Hall–Kier alpha value is -2.93. The number of nitrogens with zero attached hydrogens (tertiary/aromatic N) is 2. The van der Waals surface area contributed by atoms with E-state index in [1.807, 2.05) is 30.3 Å². The number of carbonyl (C=O) groups excluding carboxylic acids is 1. The molecule has 1 N–H and O–H groups in total. The molecule has 6 nitrogen and oxygen atoms in total. The summed E-state index contributed by atoms with van der Waals surface area (Å²) in [6.45, 7) is 0.226. The first kappa shape index (κ1) is 13.7. The Morgan fingerprint density at radius 2 is 2.09 bits per heavy atom. The molecule has 114 valence electrons. The van der Waals surface area contributed by atoms with Gasteiger partial charge in [0.05, 0.1) is 10.9 Å². The van der Waals surface area contributed by atoms with Crippen LogP contribution in [-0.2, 0) is 0 Å². The topological polar surface area (TPSA) is 72.8 Å². The fraction of sp³-hybridized carbons (Fsp3) is 0.0625. The molecule has 0 fully saturated rings. The second-order valence-corrected chi connectivity index (χ2v) is 5.64. The summed E-state index contributed by atoms with van der Waals surface area (Å²) in [6, 6.07) is 13.0. The molecule has 0 spiro atoms. The second kappa shape index (κ2) is 5.69. The summed E-state index contributed by atoms with van der Waals surface area (Å²) >= 11 is 1.29. The molecular formula is C16H11N3O3S. The molecule has 2 heterocycles. The molecule has 2 aromatic carbocycles. The largest absolute Gasteiger partial charge is 0.454 e. The van der Waals surface area contributed by atoms with Crippen LogP contribution in [0.3, 0.4) is 0 Å². The molecule has 7 heteroatoms. The number of benzene rings is 2. The van der Waals surface area contributed by atoms with Crippen molar-refractivity contribution in [3.8, 4) is 11.5 Å². The molecule has 23 heavy (non-hydrogen) atoms. The monoisotopic (exact) mass is 325 g/mol. The van der Waals surface area contributed by atoms with Crippen LogP contribution in [0.5, 0.6) is 11.5 Å². The maximum atomic E-state index is 12.2. The lowest BCUT2D eigenvalue weighted by Crippen LogP contribution is -2.18. The Morgan fingerprint density at radius 3 is 3.04 bits per heavy atom. The van der Waals surface area contributed by atoms with Crippen LogP contribution < -0.4 is 14.9 Å². The number of carbonyl (C=O) groups is 1. The normalized spacial score (nSPS) is 12.9. The van der Waals surface area contributed by atoms with Crippen LogP contribution in [0.4, 0.5) is 0 Å². The van der Waals surface area contributed by atoms with Crippen molar-refractivity contribution in [2.45, 2.75) is 0 Å². The van der Waals surface area contributed by atoms with Gasteiger partial charge in [0, 0.05) is 5.39 Å². The van der Waals surface area contributed by atoms with Crippen molar-refractivity contribution in [3.63, 3.8) is 0 Å². The number of hydrogen-bond donors (Lipinski definition) is 1. The van der Waals surface area contributed by atoms with E-state index in [4.69, 9.17) is 9.47 Å². The molecule has 0 aliphatic carbocycles. The third kappa shape index (κ3) is 2.62. The van der Waals surface area contributed by atoms with E-state index in [0.29, 0.717) is 17.2 Å². The lowest BCUT2D eigenvalue weighted by atomic mass is 10.2. The SMILES string of the molecule is O=C(N/N=C/c1ccc2c(c1)OCO2)c1nsc2ccccc12. The predicted octanol–water partition coefficient (Wildman–Crippen LogP) is 2.79. The minimum atomic E-state index is -0.334. The summed E-state index contributed by atoms with van der Waals surface area (Å²) in [5.74, 6) is 1.05. The van der Waals surface area contributed by atoms with Gasteiger partial charge in [-0.1, -0.05) is 18.2 Å². The Labute approximate surface area is 135 Å². The van der Waals surface area contributed by atoms with Crippen molar-refractivity contribution >= 4 is 33.7 Å². The van der Waals surface area contributed by atoms with E-state index in [1.54, 1.807) is 18.3 Å². The summed E-state index contributed by atoms with van der Waals surface area (Å²) in [5.41, 5.74) is 3.68. The fourth-order valence-electron chi connectivity index (χ4n) is 2.26. The zero-order valence-corrected chi connectivity index (χ0v) is 12.7. The van der Waals surface area contributed by atoms with E-state index in [-0.39, 0.29) is 12.7 Å². The number of hydrogen-bond acceptors (Lipinski definition) is 6. The minimum absolute atomic E-state index is 0.226. The maximum Gasteiger partial charge on any atom is 0.291 e. The van der Waals surface area contributed by atoms with Gasteiger partial charge >= 0.3 is 0 Å². The molecule has 0 bridgehead atoms. The number of fused-ring (bicyclic) bond motifs is 2. The van der Waals surface area contributed by atoms with E-state index in [0.717, 1.165) is 15.6 Å². The Kier molecular flexibility index (Phi) is 3.39. The third-order valence-corrected chi connectivity index (χ3v) is 4.20. The zero-order valence-electron chi connectivity index (χ0n) is 11.9. The fourth-order valence-corrected chi connectivity index (χ4v) is 3.03. The summed E-state index contributed by atoms with van der Waals surface area (Å²) in [5, 5.41) is 4.80. The Morgan fingerprint density at radius 1 is 1.22 bits per heavy atom. The van der Waals surface area contributed by atoms with Gasteiger partial charge in [0.1, 0.15) is 0 Å². The third-order valence-electron chi connectivity index (χ3n) is 3.37. The van der Waals surface area contributed by atoms with Crippen LogP contribution >= 0.6 is 11.5 Å². The van der Waals surface area contributed by atoms with E-state index >= 15 is 0 Å². The molecular weight excluding hydrogens is 314 g/mol. The van der Waals surface area contributed by atoms with E-state index in [1.165, 1.54) is 11.5 Å². The first-order chi connectivity index (χ1) is 11.3. The van der Waals surface area contributed by atoms with Crippen molar-refractivity contribution in [1.82, 2.24) is 9.80 Å². The van der Waals surface area contributed by atoms with Gasteiger partial charge in [0.2, 0.25) is 6.79 Å². The standard InChI is InChI=1S/C16H11N3O3S/c20-16(15-11-3-1-2-4-14(11)23-19-15)18-17-8-10-5-6-12-13(7-10)22-9-21-12/h1-8H,9H2,(H,18,20)/b17-8+. The molecule has 0 saturated carbocycles. The molecule has 4 rings (SSSR count). The maximum absolute atomic E-state index is 12.2. The summed E-state index contributed by atoms with van der Waals surface area (Å²) in [6.07, 6.45) is 1.55. The van der Waals surface area contributed by atoms with Gasteiger partial charge in [0.25, 0.3) is 5.91 Å². The number of nitrogens with one attached hydrogen (secondary N) is 1.